The van der Waals surface area contributed by atoms with Crippen LogP contribution in [0.5, 0.6) is 0 Å². The number of aromatic nitrogens is 5. The van der Waals surface area contributed by atoms with Gasteiger partial charge in [-0.05, 0) is 56.2 Å². The molecule has 0 bridgehead atoms. The van der Waals surface area contributed by atoms with Crippen molar-refractivity contribution < 1.29 is 13.9 Å². The normalized spacial score (nSPS) is 21.5. The molecule has 1 amide bonds. The summed E-state index contributed by atoms with van der Waals surface area (Å²) in [5, 5.41) is 11.5. The maximum Gasteiger partial charge on any atom is 0.255 e. The van der Waals surface area contributed by atoms with Crippen molar-refractivity contribution in [2.45, 2.75) is 75.6 Å². The lowest BCUT2D eigenvalue weighted by Crippen LogP contribution is -2.38. The number of halogens is 1. The number of amides is 1. The van der Waals surface area contributed by atoms with E-state index in [1.165, 1.54) is 0 Å². The Morgan fingerprint density at radius 1 is 1.21 bits per heavy atom. The SMILES string of the molecule is CO[C@H]1CC[C@H](NC(=O)c2cnn3ccc(-c4c[nH]c5nc(NCC6(F)CCCCC6)ncc45)cc23)CC1. The quantitative estimate of drug-likeness (QED) is 0.316. The number of alkyl halides is 1. The number of ether oxygens (including phenoxy) is 1. The fourth-order valence-electron chi connectivity index (χ4n) is 5.86. The molecule has 0 unspecified atom stereocenters. The highest BCUT2D eigenvalue weighted by Crippen LogP contribution is 2.33. The summed E-state index contributed by atoms with van der Waals surface area (Å²) >= 11 is 0. The number of aromatic amines is 1. The zero-order chi connectivity index (χ0) is 26.1. The summed E-state index contributed by atoms with van der Waals surface area (Å²) < 4.78 is 22.1. The third kappa shape index (κ3) is 4.97. The fourth-order valence-corrected chi connectivity index (χ4v) is 5.86. The summed E-state index contributed by atoms with van der Waals surface area (Å²) in [6, 6.07) is 4.07. The number of fused-ring (bicyclic) bond motifs is 2. The van der Waals surface area contributed by atoms with Crippen molar-refractivity contribution >= 4 is 28.4 Å². The molecule has 38 heavy (non-hydrogen) atoms. The van der Waals surface area contributed by atoms with E-state index in [2.05, 4.69) is 30.7 Å². The Balaban J connectivity index is 1.20. The maximum atomic E-state index is 15.0. The second-order valence-corrected chi connectivity index (χ2v) is 10.7. The number of hydrogen-bond donors (Lipinski definition) is 3. The number of nitrogens with zero attached hydrogens (tertiary/aromatic N) is 4. The van der Waals surface area contributed by atoms with Crippen LogP contribution in [0.2, 0.25) is 0 Å². The molecule has 4 aromatic rings. The molecule has 9 nitrogen and oxygen atoms in total. The van der Waals surface area contributed by atoms with Crippen LogP contribution in [0.4, 0.5) is 10.3 Å². The van der Waals surface area contributed by atoms with E-state index in [4.69, 9.17) is 4.74 Å². The third-order valence-corrected chi connectivity index (χ3v) is 8.17. The molecule has 4 aromatic heterocycles. The van der Waals surface area contributed by atoms with Crippen LogP contribution in [0, 0.1) is 0 Å². The first-order valence-corrected chi connectivity index (χ1v) is 13.6. The zero-order valence-corrected chi connectivity index (χ0v) is 21.7. The van der Waals surface area contributed by atoms with Gasteiger partial charge in [0, 0.05) is 42.7 Å². The summed E-state index contributed by atoms with van der Waals surface area (Å²) in [4.78, 5) is 25.4. The van der Waals surface area contributed by atoms with Crippen molar-refractivity contribution in [3.63, 3.8) is 0 Å². The first kappa shape index (κ1) is 24.8. The molecule has 2 saturated carbocycles. The monoisotopic (exact) mass is 519 g/mol. The Hall–Kier alpha value is -3.53. The first-order valence-electron chi connectivity index (χ1n) is 13.6. The number of carbonyl (C=O) groups excluding carboxylic acids is 1. The maximum absolute atomic E-state index is 15.0. The van der Waals surface area contributed by atoms with Gasteiger partial charge in [0.25, 0.3) is 5.91 Å². The van der Waals surface area contributed by atoms with Crippen molar-refractivity contribution in [2.24, 2.45) is 0 Å². The Bertz CT molecular complexity index is 1430. The van der Waals surface area contributed by atoms with E-state index in [-0.39, 0.29) is 24.6 Å². The van der Waals surface area contributed by atoms with Gasteiger partial charge in [0.1, 0.15) is 11.3 Å². The van der Waals surface area contributed by atoms with E-state index in [0.29, 0.717) is 30.0 Å². The molecule has 0 saturated heterocycles. The Morgan fingerprint density at radius 2 is 2.03 bits per heavy atom. The van der Waals surface area contributed by atoms with Gasteiger partial charge in [-0.25, -0.2) is 13.9 Å². The molecule has 0 atom stereocenters. The van der Waals surface area contributed by atoms with Gasteiger partial charge in [0.15, 0.2) is 0 Å². The van der Waals surface area contributed by atoms with Crippen molar-refractivity contribution in [1.82, 2.24) is 29.9 Å². The fraction of sp³-hybridized carbons (Fsp3) is 0.500. The smallest absolute Gasteiger partial charge is 0.255 e. The molecule has 2 aliphatic rings. The van der Waals surface area contributed by atoms with E-state index in [1.807, 2.05) is 24.5 Å². The van der Waals surface area contributed by atoms with Crippen LogP contribution in [0.1, 0.15) is 68.1 Å². The van der Waals surface area contributed by atoms with E-state index in [1.54, 1.807) is 24.0 Å². The van der Waals surface area contributed by atoms with Crippen molar-refractivity contribution in [3.8, 4) is 11.1 Å². The molecule has 0 aliphatic heterocycles. The molecular weight excluding hydrogens is 485 g/mol. The van der Waals surface area contributed by atoms with Crippen LogP contribution < -0.4 is 10.6 Å². The molecule has 0 radical (unpaired) electrons. The van der Waals surface area contributed by atoms with Gasteiger partial charge in [0.05, 0.1) is 29.9 Å². The predicted octanol–water partition coefficient (Wildman–Crippen LogP) is 5.04. The van der Waals surface area contributed by atoms with Gasteiger partial charge in [-0.1, -0.05) is 19.3 Å². The minimum atomic E-state index is -1.19. The van der Waals surface area contributed by atoms with Crippen molar-refractivity contribution in [1.29, 1.82) is 0 Å². The number of pyridine rings is 1. The largest absolute Gasteiger partial charge is 0.381 e. The van der Waals surface area contributed by atoms with Crippen LogP contribution in [0.15, 0.2) is 36.9 Å². The minimum absolute atomic E-state index is 0.111. The van der Waals surface area contributed by atoms with Crippen LogP contribution in [-0.2, 0) is 4.74 Å². The van der Waals surface area contributed by atoms with E-state index >= 15 is 0 Å². The lowest BCUT2D eigenvalue weighted by molar-refractivity contribution is 0.0599. The zero-order valence-electron chi connectivity index (χ0n) is 21.7. The van der Waals surface area contributed by atoms with Gasteiger partial charge in [-0.2, -0.15) is 10.1 Å². The lowest BCUT2D eigenvalue weighted by atomic mass is 9.86. The number of methoxy groups -OCH3 is 1. The molecule has 2 aliphatic carbocycles. The molecule has 2 fully saturated rings. The summed E-state index contributed by atoms with van der Waals surface area (Å²) in [6.45, 7) is 0.225. The predicted molar refractivity (Wildman–Crippen MR) is 144 cm³/mol. The summed E-state index contributed by atoms with van der Waals surface area (Å²) in [5.41, 5.74) is 2.62. The average molecular weight is 520 g/mol. The van der Waals surface area contributed by atoms with Gasteiger partial charge in [-0.15, -0.1) is 0 Å². The van der Waals surface area contributed by atoms with Crippen LogP contribution in [-0.4, -0.2) is 61.9 Å². The van der Waals surface area contributed by atoms with E-state index in [9.17, 15) is 9.18 Å². The van der Waals surface area contributed by atoms with Gasteiger partial charge in [0.2, 0.25) is 5.95 Å². The first-order chi connectivity index (χ1) is 18.5. The number of nitrogens with one attached hydrogen (secondary N) is 3. The number of rotatable bonds is 7. The highest BCUT2D eigenvalue weighted by Gasteiger charge is 2.31. The van der Waals surface area contributed by atoms with Gasteiger partial charge >= 0.3 is 0 Å². The highest BCUT2D eigenvalue weighted by molar-refractivity contribution is 6.02. The van der Waals surface area contributed by atoms with Gasteiger partial charge in [-0.3, -0.25) is 4.79 Å². The van der Waals surface area contributed by atoms with Gasteiger partial charge < -0.3 is 20.4 Å². The average Bonchev–Trinajstić information content (AvgIpc) is 3.56. The topological polar surface area (TPSA) is 109 Å². The third-order valence-electron chi connectivity index (χ3n) is 8.17. The van der Waals surface area contributed by atoms with Crippen LogP contribution >= 0.6 is 0 Å². The second kappa shape index (κ2) is 10.3. The van der Waals surface area contributed by atoms with Crippen molar-refractivity contribution in [3.05, 3.63) is 42.5 Å². The molecule has 10 heteroatoms. The van der Waals surface area contributed by atoms with Crippen LogP contribution in [0.3, 0.4) is 0 Å². The molecule has 0 aromatic carbocycles. The second-order valence-electron chi connectivity index (χ2n) is 10.7. The summed E-state index contributed by atoms with van der Waals surface area (Å²) in [5.74, 6) is 0.304. The summed E-state index contributed by atoms with van der Waals surface area (Å²) in [6.07, 6.45) is 15.3. The van der Waals surface area contributed by atoms with E-state index in [0.717, 1.165) is 67.0 Å². The lowest BCUT2D eigenvalue weighted by Gasteiger charge is -2.29. The standard InChI is InChI=1S/C28H34FN7O2/c1-38-20-7-5-19(6-8-20)34-26(37)23-16-33-36-12-9-18(13-24(23)36)21-14-30-25-22(21)15-31-27(35-25)32-17-28(29)10-3-2-4-11-28/h9,12-16,19-20H,2-8,10-11,17H2,1H3,(H,34,37)(H2,30,31,32,35)/t19-,20-. The Kier molecular flexibility index (Phi) is 6.73. The van der Waals surface area contributed by atoms with Crippen LogP contribution in [0.25, 0.3) is 27.7 Å². The number of anilines is 1. The molecule has 0 spiro atoms. The number of carbonyl (C=O) groups is 1. The molecule has 200 valence electrons. The highest BCUT2D eigenvalue weighted by atomic mass is 19.1. The number of hydrogen-bond acceptors (Lipinski definition) is 6. The van der Waals surface area contributed by atoms with E-state index < -0.39 is 5.67 Å². The molecular formula is C28H34FN7O2. The Labute approximate surface area is 220 Å². The minimum Gasteiger partial charge on any atom is -0.381 e. The molecule has 6 rings (SSSR count). The Morgan fingerprint density at radius 3 is 2.82 bits per heavy atom. The number of H-pyrrole nitrogens is 1. The molecule has 4 heterocycles. The summed E-state index contributed by atoms with van der Waals surface area (Å²) in [7, 11) is 1.74. The molecule has 3 N–H and O–H groups in total. The van der Waals surface area contributed by atoms with Crippen molar-refractivity contribution in [2.75, 3.05) is 19.0 Å².